The molecule has 0 aliphatic carbocycles. The van der Waals surface area contributed by atoms with Gasteiger partial charge in [0.2, 0.25) is 5.91 Å². The molecule has 1 heterocycles. The number of carbonyl (C=O) groups excluding carboxylic acids is 1. The maximum Gasteiger partial charge on any atom is 0.295 e. The van der Waals surface area contributed by atoms with Crippen LogP contribution in [-0.2, 0) is 14.9 Å². The molecule has 9 heteroatoms. The predicted octanol–water partition coefficient (Wildman–Crippen LogP) is 5.66. The van der Waals surface area contributed by atoms with Crippen molar-refractivity contribution in [2.24, 2.45) is 5.92 Å². The summed E-state index contributed by atoms with van der Waals surface area (Å²) in [5.41, 5.74) is 1.97. The van der Waals surface area contributed by atoms with Crippen LogP contribution in [0.2, 0.25) is 0 Å². The van der Waals surface area contributed by atoms with Gasteiger partial charge >= 0.3 is 0 Å². The summed E-state index contributed by atoms with van der Waals surface area (Å²) in [5, 5.41) is 21.6. The first-order chi connectivity index (χ1) is 18.6. The van der Waals surface area contributed by atoms with Gasteiger partial charge < -0.3 is 15.1 Å². The lowest BCUT2D eigenvalue weighted by Crippen LogP contribution is -2.55. The second-order valence-corrected chi connectivity index (χ2v) is 10.9. The van der Waals surface area contributed by atoms with Gasteiger partial charge in [-0.1, -0.05) is 66.7 Å². The number of rotatable bonds is 8. The van der Waals surface area contributed by atoms with E-state index in [0.717, 1.165) is 5.56 Å². The van der Waals surface area contributed by atoms with E-state index in [4.69, 9.17) is 0 Å². The Morgan fingerprint density at radius 3 is 2.28 bits per heavy atom. The first-order valence-corrected chi connectivity index (χ1v) is 13.8. The highest BCUT2D eigenvalue weighted by molar-refractivity contribution is 7.86. The molecule has 1 aliphatic heterocycles. The van der Waals surface area contributed by atoms with Crippen molar-refractivity contribution in [1.29, 1.82) is 0 Å². The summed E-state index contributed by atoms with van der Waals surface area (Å²) in [6.45, 7) is 0. The highest BCUT2D eigenvalue weighted by Gasteiger charge is 2.48. The molecule has 0 radical (unpaired) electrons. The number of aliphatic hydroxyl groups excluding tert-OH is 1. The number of hydrogen-bond donors (Lipinski definition) is 3. The van der Waals surface area contributed by atoms with Crippen LogP contribution in [0.15, 0.2) is 102 Å². The number of phenolic OH excluding ortho intramolecular Hbond substituents is 1. The molecule has 4 aromatic rings. The Morgan fingerprint density at radius 2 is 1.59 bits per heavy atom. The van der Waals surface area contributed by atoms with Crippen LogP contribution < -0.4 is 4.90 Å². The van der Waals surface area contributed by atoms with Crippen LogP contribution in [0.25, 0.3) is 11.1 Å². The molecular weight excluding hydrogens is 521 g/mol. The lowest BCUT2D eigenvalue weighted by molar-refractivity contribution is -0.131. The summed E-state index contributed by atoms with van der Waals surface area (Å²) < 4.78 is 47.4. The molecule has 1 aliphatic rings. The van der Waals surface area contributed by atoms with Gasteiger partial charge in [0.1, 0.15) is 16.5 Å². The maximum absolute atomic E-state index is 14.0. The number of carbonyl (C=O) groups is 1. The van der Waals surface area contributed by atoms with Crippen molar-refractivity contribution in [3.63, 3.8) is 0 Å². The molecule has 0 saturated carbocycles. The summed E-state index contributed by atoms with van der Waals surface area (Å²) in [7, 11) is -4.54. The van der Waals surface area contributed by atoms with Crippen LogP contribution in [0.5, 0.6) is 5.75 Å². The standard InChI is InChI=1S/C30H26FNO6S/c31-21-9-6-10-22(18-21)32-29(25(30(32)35)15-16-26(33)19-7-2-1-3-8-19)20-13-14-23(27(34)17-20)24-11-4-5-12-28(24)39(36,37)38/h1-14,17-18,25-26,29,33-34H,15-16H2,(H,36,37,38). The first-order valence-electron chi connectivity index (χ1n) is 12.4. The molecule has 4 aromatic carbocycles. The zero-order chi connectivity index (χ0) is 27.7. The molecule has 3 N–H and O–H groups in total. The van der Waals surface area contributed by atoms with Crippen LogP contribution >= 0.6 is 0 Å². The molecule has 0 bridgehead atoms. The van der Waals surface area contributed by atoms with Gasteiger partial charge in [-0.2, -0.15) is 8.42 Å². The topological polar surface area (TPSA) is 115 Å². The van der Waals surface area contributed by atoms with Crippen LogP contribution in [-0.4, -0.2) is 29.1 Å². The van der Waals surface area contributed by atoms with Gasteiger partial charge in [-0.25, -0.2) is 4.39 Å². The average Bonchev–Trinajstić information content (AvgIpc) is 2.91. The van der Waals surface area contributed by atoms with Crippen molar-refractivity contribution in [3.8, 4) is 16.9 Å². The number of halogens is 1. The van der Waals surface area contributed by atoms with E-state index in [1.54, 1.807) is 18.2 Å². The molecule has 1 amide bonds. The van der Waals surface area contributed by atoms with E-state index in [2.05, 4.69) is 0 Å². The third-order valence-electron chi connectivity index (χ3n) is 7.05. The molecule has 3 unspecified atom stereocenters. The van der Waals surface area contributed by atoms with E-state index < -0.39 is 34.0 Å². The number of anilines is 1. The second kappa shape index (κ2) is 10.6. The Labute approximate surface area is 225 Å². The molecule has 1 fully saturated rings. The number of nitrogens with zero attached hydrogens (tertiary/aromatic N) is 1. The zero-order valence-corrected chi connectivity index (χ0v) is 21.5. The minimum atomic E-state index is -4.54. The van der Waals surface area contributed by atoms with Crippen molar-refractivity contribution >= 4 is 21.7 Å². The van der Waals surface area contributed by atoms with Crippen LogP contribution in [0, 0.1) is 11.7 Å². The van der Waals surface area contributed by atoms with Gasteiger partial charge in [-0.3, -0.25) is 9.35 Å². The van der Waals surface area contributed by atoms with Gasteiger partial charge in [-0.05, 0) is 54.3 Å². The number of aromatic hydroxyl groups is 1. The third kappa shape index (κ3) is 5.29. The van der Waals surface area contributed by atoms with E-state index in [1.165, 1.54) is 53.4 Å². The van der Waals surface area contributed by atoms with Gasteiger partial charge in [0, 0.05) is 16.8 Å². The highest BCUT2D eigenvalue weighted by atomic mass is 32.2. The molecule has 200 valence electrons. The monoisotopic (exact) mass is 547 g/mol. The van der Waals surface area contributed by atoms with Gasteiger partial charge in [-0.15, -0.1) is 0 Å². The molecule has 1 saturated heterocycles. The summed E-state index contributed by atoms with van der Waals surface area (Å²) >= 11 is 0. The van der Waals surface area contributed by atoms with Crippen LogP contribution in [0.4, 0.5) is 10.1 Å². The summed E-state index contributed by atoms with van der Waals surface area (Å²) in [5.74, 6) is -1.51. The molecule has 7 nitrogen and oxygen atoms in total. The minimum absolute atomic E-state index is 0.123. The van der Waals surface area contributed by atoms with E-state index in [9.17, 15) is 32.4 Å². The average molecular weight is 548 g/mol. The van der Waals surface area contributed by atoms with Crippen molar-refractivity contribution in [1.82, 2.24) is 0 Å². The Hall–Kier alpha value is -4.05. The fraction of sp³-hybridized carbons (Fsp3) is 0.167. The van der Waals surface area contributed by atoms with Crippen LogP contribution in [0.1, 0.15) is 36.1 Å². The van der Waals surface area contributed by atoms with Gasteiger partial charge in [0.25, 0.3) is 10.1 Å². The van der Waals surface area contributed by atoms with E-state index in [1.807, 2.05) is 30.3 Å². The Kier molecular flexibility index (Phi) is 7.22. The van der Waals surface area contributed by atoms with Crippen LogP contribution in [0.3, 0.4) is 0 Å². The molecule has 0 spiro atoms. The lowest BCUT2D eigenvalue weighted by Gasteiger charge is -2.48. The van der Waals surface area contributed by atoms with Crippen molar-refractivity contribution < 1.29 is 32.4 Å². The maximum atomic E-state index is 14.0. The predicted molar refractivity (Wildman–Crippen MR) is 144 cm³/mol. The number of hydrogen-bond acceptors (Lipinski definition) is 5. The highest BCUT2D eigenvalue weighted by Crippen LogP contribution is 2.48. The summed E-state index contributed by atoms with van der Waals surface area (Å²) in [6, 6.07) is 24.6. The van der Waals surface area contributed by atoms with Crippen molar-refractivity contribution in [3.05, 3.63) is 114 Å². The minimum Gasteiger partial charge on any atom is -0.507 e. The first kappa shape index (κ1) is 26.6. The van der Waals surface area contributed by atoms with E-state index >= 15 is 0 Å². The largest absolute Gasteiger partial charge is 0.507 e. The molecule has 5 rings (SSSR count). The fourth-order valence-corrected chi connectivity index (χ4v) is 5.89. The van der Waals surface area contributed by atoms with E-state index in [-0.39, 0.29) is 27.7 Å². The number of phenols is 1. The van der Waals surface area contributed by atoms with Crippen molar-refractivity contribution in [2.75, 3.05) is 4.90 Å². The molecule has 0 aromatic heterocycles. The lowest BCUT2D eigenvalue weighted by atomic mass is 9.78. The van der Waals surface area contributed by atoms with Crippen molar-refractivity contribution in [2.45, 2.75) is 29.9 Å². The summed E-state index contributed by atoms with van der Waals surface area (Å²) in [4.78, 5) is 14.4. The number of aliphatic hydroxyl groups is 1. The zero-order valence-electron chi connectivity index (χ0n) is 20.7. The molecule has 3 atom stereocenters. The number of amides is 1. The quantitative estimate of drug-likeness (QED) is 0.194. The second-order valence-electron chi connectivity index (χ2n) is 9.49. The SMILES string of the molecule is O=C1C(CCC(O)c2ccccc2)C(c2ccc(-c3ccccc3S(=O)(=O)O)c(O)c2)N1c1cccc(F)c1. The number of β-lactam (4-membered cyclic amide) rings is 1. The Balaban J connectivity index is 1.49. The van der Waals surface area contributed by atoms with Gasteiger partial charge in [0.05, 0.1) is 18.1 Å². The smallest absolute Gasteiger partial charge is 0.295 e. The van der Waals surface area contributed by atoms with Gasteiger partial charge in [0.15, 0.2) is 0 Å². The molecule has 39 heavy (non-hydrogen) atoms. The van der Waals surface area contributed by atoms with E-state index in [0.29, 0.717) is 24.1 Å². The Morgan fingerprint density at radius 1 is 0.872 bits per heavy atom. The fourth-order valence-electron chi connectivity index (χ4n) is 5.18. The summed E-state index contributed by atoms with van der Waals surface area (Å²) in [6.07, 6.45) is -0.102. The normalized spacial score (nSPS) is 18.0. The third-order valence-corrected chi connectivity index (χ3v) is 7.97. The Bertz CT molecular complexity index is 1630. The number of benzene rings is 4. The molecular formula is C30H26FNO6S.